The van der Waals surface area contributed by atoms with Crippen molar-refractivity contribution in [1.82, 2.24) is 0 Å². The molecule has 6 heavy (non-hydrogen) atoms. The van der Waals surface area contributed by atoms with Gasteiger partial charge in [-0.2, -0.15) is 0 Å². The van der Waals surface area contributed by atoms with Crippen LogP contribution in [0.1, 0.15) is 12.8 Å². The molecule has 1 fully saturated rings. The van der Waals surface area contributed by atoms with E-state index >= 15 is 0 Å². The molecule has 1 aliphatic rings. The molecule has 0 aromatic rings. The minimum Gasteiger partial charge on any atom is -0.381 e. The molecule has 0 saturated carbocycles. The minimum absolute atomic E-state index is 0. The predicted octanol–water partition coefficient (Wildman–Crippen LogP) is 0.797. The fourth-order valence-corrected chi connectivity index (χ4v) is 0.510. The van der Waals surface area contributed by atoms with Gasteiger partial charge >= 0.3 is 0 Å². The van der Waals surface area contributed by atoms with Crippen molar-refractivity contribution in [2.24, 2.45) is 0 Å². The molecule has 0 bridgehead atoms. The van der Waals surface area contributed by atoms with E-state index in [-0.39, 0.29) is 37.7 Å². The Morgan fingerprint density at radius 3 is 1.67 bits per heavy atom. The second-order valence-electron chi connectivity index (χ2n) is 1.32. The van der Waals surface area contributed by atoms with Crippen LogP contribution < -0.4 is 0 Å². The second-order valence-corrected chi connectivity index (χ2v) is 1.32. The Bertz CT molecular complexity index is 19.1. The monoisotopic (exact) mass is 112 g/mol. The first-order valence-corrected chi connectivity index (χ1v) is 2.08. The van der Waals surface area contributed by atoms with Gasteiger partial charge in [-0.15, -0.1) is 0 Å². The Labute approximate surface area is 68.1 Å². The summed E-state index contributed by atoms with van der Waals surface area (Å²) in [6, 6.07) is 0. The molecule has 2 heteroatoms. The zero-order chi connectivity index (χ0) is 3.54. The van der Waals surface area contributed by atoms with E-state index in [9.17, 15) is 0 Å². The zero-order valence-electron chi connectivity index (χ0n) is 3.59. The van der Waals surface area contributed by atoms with E-state index in [0.717, 1.165) is 13.2 Å². The van der Waals surface area contributed by atoms with Crippen molar-refractivity contribution in [1.29, 1.82) is 0 Å². The van der Waals surface area contributed by atoms with Gasteiger partial charge in [0.1, 0.15) is 0 Å². The normalized spacial score (nSPS) is 20.0. The first kappa shape index (κ1) is 7.22. The Kier molecular flexibility index (Phi) is 5.27. The van der Waals surface area contributed by atoms with E-state index in [1.807, 2.05) is 0 Å². The number of hydrogen-bond acceptors (Lipinski definition) is 1. The van der Waals surface area contributed by atoms with Crippen molar-refractivity contribution >= 4 is 0 Å². The molecule has 1 heterocycles. The first-order valence-electron chi connectivity index (χ1n) is 2.08. The summed E-state index contributed by atoms with van der Waals surface area (Å²) in [6.45, 7) is 2.00. The van der Waals surface area contributed by atoms with Crippen LogP contribution in [0.4, 0.5) is 0 Å². The summed E-state index contributed by atoms with van der Waals surface area (Å²) in [5.74, 6) is 0. The van der Waals surface area contributed by atoms with Gasteiger partial charge in [-0.25, -0.2) is 0 Å². The largest absolute Gasteiger partial charge is 0.381 e. The zero-order valence-corrected chi connectivity index (χ0v) is 4.30. The Morgan fingerprint density at radius 1 is 1.00 bits per heavy atom. The molecule has 1 saturated heterocycles. The summed E-state index contributed by atoms with van der Waals surface area (Å²) < 4.78 is 4.94. The van der Waals surface area contributed by atoms with Crippen molar-refractivity contribution < 1.29 is 42.5 Å². The van der Waals surface area contributed by atoms with Crippen LogP contribution in [0.2, 0.25) is 0 Å². The molecular weight excluding hydrogens is 104 g/mol. The summed E-state index contributed by atoms with van der Waals surface area (Å²) in [5.41, 5.74) is 0. The van der Waals surface area contributed by atoms with Gasteiger partial charge in [-0.1, -0.05) is 0 Å². The topological polar surface area (TPSA) is 9.23 Å². The molecular formula is C4H8ArO. The molecule has 1 aliphatic heterocycles. The molecule has 1 rings (SSSR count). The van der Waals surface area contributed by atoms with E-state index in [4.69, 9.17) is 4.74 Å². The first-order chi connectivity index (χ1) is 2.50. The summed E-state index contributed by atoms with van der Waals surface area (Å²) in [6.07, 6.45) is 2.56. The van der Waals surface area contributed by atoms with Gasteiger partial charge < -0.3 is 4.74 Å². The number of hydrogen-bond donors (Lipinski definition) is 0. The molecule has 0 aliphatic carbocycles. The van der Waals surface area contributed by atoms with Gasteiger partial charge in [0.2, 0.25) is 0 Å². The molecule has 0 radical (unpaired) electrons. The molecule has 1 nitrogen and oxygen atoms in total. The van der Waals surface area contributed by atoms with Crippen LogP contribution in [0.25, 0.3) is 0 Å². The Morgan fingerprint density at radius 2 is 1.50 bits per heavy atom. The van der Waals surface area contributed by atoms with Gasteiger partial charge in [-0.3, -0.25) is 0 Å². The molecule has 0 aromatic carbocycles. The quantitative estimate of drug-likeness (QED) is 0.450. The molecule has 38 valence electrons. The third-order valence-corrected chi connectivity index (χ3v) is 0.827. The summed E-state index contributed by atoms with van der Waals surface area (Å²) in [5, 5.41) is 0. The predicted molar refractivity (Wildman–Crippen MR) is 20.1 cm³/mol. The van der Waals surface area contributed by atoms with Crippen LogP contribution in [0, 0.1) is 37.7 Å². The van der Waals surface area contributed by atoms with Crippen LogP contribution >= 0.6 is 0 Å². The third-order valence-electron chi connectivity index (χ3n) is 0.827. The van der Waals surface area contributed by atoms with Crippen molar-refractivity contribution in [2.75, 3.05) is 13.2 Å². The smallest absolute Gasteiger partial charge is 0.0466 e. The average Bonchev–Trinajstić information content (AvgIpc) is 1.76. The molecule has 0 spiro atoms. The SMILES string of the molecule is C1CCOC1.[Ar]. The van der Waals surface area contributed by atoms with E-state index in [1.165, 1.54) is 12.8 Å². The Balaban J connectivity index is 0.000000250. The van der Waals surface area contributed by atoms with Gasteiger partial charge in [0.25, 0.3) is 0 Å². The molecule has 0 atom stereocenters. The van der Waals surface area contributed by atoms with Crippen LogP contribution in [0.3, 0.4) is 0 Å². The minimum atomic E-state index is 0. The van der Waals surface area contributed by atoms with Crippen molar-refractivity contribution in [2.45, 2.75) is 12.8 Å². The van der Waals surface area contributed by atoms with Crippen molar-refractivity contribution in [3.8, 4) is 0 Å². The van der Waals surface area contributed by atoms with Gasteiger partial charge in [-0.05, 0) is 12.8 Å². The fourth-order valence-electron chi connectivity index (χ4n) is 0.510. The third kappa shape index (κ3) is 2.40. The van der Waals surface area contributed by atoms with Crippen LogP contribution in [0.5, 0.6) is 0 Å². The maximum atomic E-state index is 4.94. The summed E-state index contributed by atoms with van der Waals surface area (Å²) in [4.78, 5) is 0. The van der Waals surface area contributed by atoms with Crippen LogP contribution in [0.15, 0.2) is 0 Å². The van der Waals surface area contributed by atoms with E-state index in [0.29, 0.717) is 0 Å². The van der Waals surface area contributed by atoms with Crippen molar-refractivity contribution in [3.05, 3.63) is 0 Å². The van der Waals surface area contributed by atoms with E-state index in [2.05, 4.69) is 0 Å². The molecule has 0 aromatic heterocycles. The maximum Gasteiger partial charge on any atom is 0.0466 e. The van der Waals surface area contributed by atoms with Crippen LogP contribution in [-0.4, -0.2) is 13.2 Å². The second kappa shape index (κ2) is 4.38. The summed E-state index contributed by atoms with van der Waals surface area (Å²) >= 11 is 0. The standard InChI is InChI=1S/C4H8O.Ar/c1-2-4-5-3-1;/h1-4H2;. The summed E-state index contributed by atoms with van der Waals surface area (Å²) in [7, 11) is 0. The van der Waals surface area contributed by atoms with Crippen molar-refractivity contribution in [3.63, 3.8) is 0 Å². The maximum absolute atomic E-state index is 4.94. The molecule has 0 N–H and O–H groups in total. The van der Waals surface area contributed by atoms with E-state index < -0.39 is 0 Å². The number of rotatable bonds is 0. The van der Waals surface area contributed by atoms with Gasteiger partial charge in [0.15, 0.2) is 0 Å². The van der Waals surface area contributed by atoms with E-state index in [1.54, 1.807) is 0 Å². The van der Waals surface area contributed by atoms with Gasteiger partial charge in [0, 0.05) is 51.0 Å². The fraction of sp³-hybridized carbons (Fsp3) is 1.00. The van der Waals surface area contributed by atoms with Crippen LogP contribution in [-0.2, 0) is 4.74 Å². The number of ether oxygens (including phenoxy) is 1. The molecule has 0 unspecified atom stereocenters. The van der Waals surface area contributed by atoms with Gasteiger partial charge in [0.05, 0.1) is 0 Å². The Hall–Kier alpha value is 1.22. The average molecular weight is 112 g/mol. The molecule has 0 amide bonds.